The molecule has 5 rings (SSSR count). The van der Waals surface area contributed by atoms with Crippen molar-refractivity contribution in [1.82, 2.24) is 15.0 Å². The predicted octanol–water partition coefficient (Wildman–Crippen LogP) is 5.04. The van der Waals surface area contributed by atoms with Crippen LogP contribution in [0.1, 0.15) is 22.9 Å². The third-order valence-electron chi connectivity index (χ3n) is 5.15. The summed E-state index contributed by atoms with van der Waals surface area (Å²) >= 11 is 6.03. The van der Waals surface area contributed by atoms with Crippen LogP contribution in [-0.4, -0.2) is 21.5 Å². The Morgan fingerprint density at radius 2 is 1.82 bits per heavy atom. The van der Waals surface area contributed by atoms with Crippen molar-refractivity contribution in [2.75, 3.05) is 11.4 Å². The number of fused-ring (bicyclic) bond motifs is 3. The minimum absolute atomic E-state index is 0.106. The maximum Gasteiger partial charge on any atom is 0.226 e. The molecule has 0 spiro atoms. The van der Waals surface area contributed by atoms with Gasteiger partial charge in [-0.3, -0.25) is 0 Å². The molecule has 0 radical (unpaired) electrons. The second-order valence-corrected chi connectivity index (χ2v) is 7.19. The molecule has 0 aliphatic carbocycles. The van der Waals surface area contributed by atoms with Gasteiger partial charge in [-0.1, -0.05) is 41.9 Å². The van der Waals surface area contributed by atoms with Crippen molar-refractivity contribution < 1.29 is 8.78 Å². The summed E-state index contributed by atoms with van der Waals surface area (Å²) in [5.41, 5.74) is 3.79. The Balaban J connectivity index is 1.72. The molecule has 0 saturated carbocycles. The second-order valence-electron chi connectivity index (χ2n) is 6.79. The minimum Gasteiger partial charge on any atom is -0.356 e. The lowest BCUT2D eigenvalue weighted by molar-refractivity contribution is 0.596. The van der Waals surface area contributed by atoms with Gasteiger partial charge >= 0.3 is 0 Å². The Morgan fingerprint density at radius 3 is 2.57 bits per heavy atom. The summed E-state index contributed by atoms with van der Waals surface area (Å²) in [6.07, 6.45) is 3.04. The molecular weight excluding hydrogens is 382 g/mol. The molecule has 1 N–H and O–H groups in total. The molecule has 4 aromatic rings. The first-order valence-electron chi connectivity index (χ1n) is 8.90. The minimum atomic E-state index is -0.478. The molecule has 2 aromatic heterocycles. The lowest BCUT2D eigenvalue weighted by atomic mass is 9.92. The number of hydrogen-bond acceptors (Lipinski definition) is 3. The number of aromatic nitrogens is 3. The monoisotopic (exact) mass is 396 g/mol. The van der Waals surface area contributed by atoms with E-state index in [2.05, 4.69) is 15.0 Å². The second kappa shape index (κ2) is 6.56. The molecule has 4 nitrogen and oxygen atoms in total. The Bertz CT molecular complexity index is 1160. The quantitative estimate of drug-likeness (QED) is 0.516. The molecule has 3 heterocycles. The van der Waals surface area contributed by atoms with E-state index in [1.165, 1.54) is 18.5 Å². The van der Waals surface area contributed by atoms with E-state index >= 15 is 0 Å². The van der Waals surface area contributed by atoms with E-state index in [0.29, 0.717) is 24.4 Å². The zero-order chi connectivity index (χ0) is 19.3. The first-order chi connectivity index (χ1) is 13.6. The summed E-state index contributed by atoms with van der Waals surface area (Å²) in [4.78, 5) is 13.8. The third-order valence-corrected chi connectivity index (χ3v) is 5.44. The highest BCUT2D eigenvalue weighted by Gasteiger charge is 2.33. The van der Waals surface area contributed by atoms with Crippen molar-refractivity contribution in [2.45, 2.75) is 12.5 Å². The van der Waals surface area contributed by atoms with Crippen molar-refractivity contribution in [3.63, 3.8) is 0 Å². The van der Waals surface area contributed by atoms with E-state index in [4.69, 9.17) is 11.6 Å². The Hall–Kier alpha value is -2.99. The van der Waals surface area contributed by atoms with Crippen LogP contribution in [0.2, 0.25) is 5.02 Å². The van der Waals surface area contributed by atoms with Crippen molar-refractivity contribution >= 4 is 28.5 Å². The van der Waals surface area contributed by atoms with E-state index in [1.807, 2.05) is 35.2 Å². The normalized spacial score (nSPS) is 16.4. The van der Waals surface area contributed by atoms with E-state index in [0.717, 1.165) is 22.2 Å². The molecule has 1 aliphatic rings. The number of halogens is 3. The van der Waals surface area contributed by atoms with Gasteiger partial charge in [0.2, 0.25) is 5.95 Å². The van der Waals surface area contributed by atoms with Crippen LogP contribution in [0.4, 0.5) is 14.7 Å². The van der Waals surface area contributed by atoms with Gasteiger partial charge < -0.3 is 9.88 Å². The highest BCUT2D eigenvalue weighted by atomic mass is 35.5. The number of rotatable bonds is 2. The summed E-state index contributed by atoms with van der Waals surface area (Å²) in [7, 11) is 0. The van der Waals surface area contributed by atoms with Gasteiger partial charge in [-0.15, -0.1) is 0 Å². The molecule has 0 amide bonds. The van der Waals surface area contributed by atoms with Gasteiger partial charge in [-0.2, -0.15) is 0 Å². The average molecular weight is 397 g/mol. The zero-order valence-corrected chi connectivity index (χ0v) is 15.4. The zero-order valence-electron chi connectivity index (χ0n) is 14.7. The first-order valence-corrected chi connectivity index (χ1v) is 9.28. The largest absolute Gasteiger partial charge is 0.356 e. The Kier molecular flexibility index (Phi) is 4.02. The highest BCUT2D eigenvalue weighted by Crippen LogP contribution is 2.40. The molecule has 1 unspecified atom stereocenters. The standard InChI is InChI=1S/C21H15ClF2N4/c22-16-8-15-14-6-7-28(21-25-10-13(23)11-26-21)20(12-4-2-1-3-5-12)19(14)27-18(15)9-17(16)24/h1-5,8-11,20,27H,6-7H2. The lowest BCUT2D eigenvalue weighted by Crippen LogP contribution is -2.37. The van der Waals surface area contributed by atoms with Gasteiger partial charge in [-0.25, -0.2) is 18.7 Å². The lowest BCUT2D eigenvalue weighted by Gasteiger charge is -2.36. The number of H-pyrrole nitrogens is 1. The van der Waals surface area contributed by atoms with Gasteiger partial charge in [0.15, 0.2) is 5.82 Å². The number of aromatic amines is 1. The Labute approximate surface area is 164 Å². The molecule has 0 bridgehead atoms. The van der Waals surface area contributed by atoms with Crippen LogP contribution in [-0.2, 0) is 6.42 Å². The van der Waals surface area contributed by atoms with Crippen LogP contribution in [0.25, 0.3) is 10.9 Å². The number of anilines is 1. The highest BCUT2D eigenvalue weighted by molar-refractivity contribution is 6.31. The molecule has 28 heavy (non-hydrogen) atoms. The van der Waals surface area contributed by atoms with Gasteiger partial charge in [0.05, 0.1) is 23.5 Å². The molecule has 1 atom stereocenters. The average Bonchev–Trinajstić information content (AvgIpc) is 3.06. The van der Waals surface area contributed by atoms with Crippen molar-refractivity contribution in [3.8, 4) is 0 Å². The molecule has 140 valence electrons. The number of nitrogens with zero attached hydrogens (tertiary/aromatic N) is 3. The van der Waals surface area contributed by atoms with Crippen LogP contribution >= 0.6 is 11.6 Å². The maximum absolute atomic E-state index is 14.0. The molecule has 0 saturated heterocycles. The topological polar surface area (TPSA) is 44.8 Å². The van der Waals surface area contributed by atoms with Crippen molar-refractivity contribution in [1.29, 1.82) is 0 Å². The van der Waals surface area contributed by atoms with E-state index < -0.39 is 11.6 Å². The fraction of sp³-hybridized carbons (Fsp3) is 0.143. The van der Waals surface area contributed by atoms with Crippen molar-refractivity contribution in [3.05, 3.63) is 88.3 Å². The predicted molar refractivity (Wildman–Crippen MR) is 105 cm³/mol. The summed E-state index contributed by atoms with van der Waals surface area (Å²) in [6.45, 7) is 0.639. The maximum atomic E-state index is 14.0. The van der Waals surface area contributed by atoms with Gasteiger partial charge in [0.1, 0.15) is 5.82 Å². The number of nitrogens with one attached hydrogen (secondary N) is 1. The van der Waals surface area contributed by atoms with Crippen LogP contribution in [0.5, 0.6) is 0 Å². The smallest absolute Gasteiger partial charge is 0.226 e. The summed E-state index contributed by atoms with van der Waals surface area (Å²) in [5.74, 6) is -0.486. The third kappa shape index (κ3) is 2.72. The van der Waals surface area contributed by atoms with Gasteiger partial charge in [0.25, 0.3) is 0 Å². The summed E-state index contributed by atoms with van der Waals surface area (Å²) in [6, 6.07) is 12.8. The molecule has 7 heteroatoms. The van der Waals surface area contributed by atoms with Crippen LogP contribution in [0.3, 0.4) is 0 Å². The van der Waals surface area contributed by atoms with Crippen LogP contribution < -0.4 is 4.90 Å². The van der Waals surface area contributed by atoms with Gasteiger partial charge in [-0.05, 0) is 29.7 Å². The van der Waals surface area contributed by atoms with E-state index in [1.54, 1.807) is 6.07 Å². The fourth-order valence-corrected chi connectivity index (χ4v) is 4.10. The first kappa shape index (κ1) is 17.1. The summed E-state index contributed by atoms with van der Waals surface area (Å²) < 4.78 is 27.3. The van der Waals surface area contributed by atoms with Crippen molar-refractivity contribution in [2.24, 2.45) is 0 Å². The molecule has 0 fully saturated rings. The fourth-order valence-electron chi connectivity index (χ4n) is 3.94. The van der Waals surface area contributed by atoms with Crippen LogP contribution in [0.15, 0.2) is 54.9 Å². The van der Waals surface area contributed by atoms with E-state index in [9.17, 15) is 8.78 Å². The number of benzene rings is 2. The SMILES string of the molecule is Fc1cnc(N2CCc3c([nH]c4cc(F)c(Cl)cc34)C2c2ccccc2)nc1. The Morgan fingerprint density at radius 1 is 1.07 bits per heavy atom. The molecular formula is C21H15ClF2N4. The molecule has 1 aliphatic heterocycles. The van der Waals surface area contributed by atoms with E-state index in [-0.39, 0.29) is 11.1 Å². The van der Waals surface area contributed by atoms with Crippen LogP contribution in [0, 0.1) is 11.6 Å². The summed E-state index contributed by atoms with van der Waals surface area (Å²) in [5, 5.41) is 1.02. The van der Waals surface area contributed by atoms with Gasteiger partial charge in [0, 0.05) is 23.1 Å². The number of hydrogen-bond donors (Lipinski definition) is 1. The molecule has 2 aromatic carbocycles.